The predicted molar refractivity (Wildman–Crippen MR) is 73.5 cm³/mol. The highest BCUT2D eigenvalue weighted by Gasteiger charge is 2.13. The Kier molecular flexibility index (Phi) is 6.44. The van der Waals surface area contributed by atoms with Crippen LogP contribution >= 0.6 is 0 Å². The fourth-order valence-electron chi connectivity index (χ4n) is 2.13. The molecule has 1 rings (SSSR count). The van der Waals surface area contributed by atoms with Crippen LogP contribution in [0.15, 0.2) is 30.3 Å². The molecule has 3 nitrogen and oxygen atoms in total. The summed E-state index contributed by atoms with van der Waals surface area (Å²) in [5, 5.41) is 12.3. The maximum absolute atomic E-state index is 10.8. The zero-order valence-corrected chi connectivity index (χ0v) is 11.2. The number of aliphatic carboxylic acids is 1. The Morgan fingerprint density at radius 2 is 2.00 bits per heavy atom. The molecule has 0 saturated carbocycles. The molecular weight excluding hydrogens is 226 g/mol. The van der Waals surface area contributed by atoms with E-state index in [-0.39, 0.29) is 18.4 Å². The second-order valence-corrected chi connectivity index (χ2v) is 4.79. The Hall–Kier alpha value is -1.35. The molecule has 0 bridgehead atoms. The number of nitrogens with one attached hydrogen (secondary N) is 1. The Bertz CT molecular complexity index is 351. The maximum Gasteiger partial charge on any atom is 0.303 e. The van der Waals surface area contributed by atoms with E-state index >= 15 is 0 Å². The fourth-order valence-corrected chi connectivity index (χ4v) is 2.13. The van der Waals surface area contributed by atoms with Gasteiger partial charge in [0.15, 0.2) is 0 Å². The van der Waals surface area contributed by atoms with Crippen LogP contribution in [0.1, 0.15) is 44.7 Å². The van der Waals surface area contributed by atoms with Crippen molar-refractivity contribution in [3.05, 3.63) is 35.9 Å². The average molecular weight is 249 g/mol. The summed E-state index contributed by atoms with van der Waals surface area (Å²) in [4.78, 5) is 10.8. The number of hydrogen-bond acceptors (Lipinski definition) is 2. The molecule has 2 atom stereocenters. The summed E-state index contributed by atoms with van der Waals surface area (Å²) >= 11 is 0. The second kappa shape index (κ2) is 7.88. The molecule has 0 heterocycles. The highest BCUT2D eigenvalue weighted by molar-refractivity contribution is 5.67. The minimum atomic E-state index is -0.706. The summed E-state index contributed by atoms with van der Waals surface area (Å²) < 4.78 is 0. The first-order chi connectivity index (χ1) is 8.63. The van der Waals surface area contributed by atoms with Gasteiger partial charge in [0.25, 0.3) is 0 Å². The molecule has 0 radical (unpaired) electrons. The number of hydrogen-bond donors (Lipinski definition) is 2. The van der Waals surface area contributed by atoms with Gasteiger partial charge in [-0.3, -0.25) is 4.79 Å². The van der Waals surface area contributed by atoms with Crippen LogP contribution in [-0.2, 0) is 4.79 Å². The first kappa shape index (κ1) is 14.7. The molecule has 1 unspecified atom stereocenters. The quantitative estimate of drug-likeness (QED) is 0.743. The average Bonchev–Trinajstić information content (AvgIpc) is 2.36. The smallest absolute Gasteiger partial charge is 0.303 e. The SMILES string of the molecule is CCCC(CN[C@@H](C)c1ccccc1)CC(=O)O. The first-order valence-corrected chi connectivity index (χ1v) is 6.63. The van der Waals surface area contributed by atoms with Gasteiger partial charge in [-0.2, -0.15) is 0 Å². The van der Waals surface area contributed by atoms with Crippen molar-refractivity contribution in [3.63, 3.8) is 0 Å². The summed E-state index contributed by atoms with van der Waals surface area (Å²) in [6.07, 6.45) is 2.24. The summed E-state index contributed by atoms with van der Waals surface area (Å²) in [7, 11) is 0. The molecule has 100 valence electrons. The van der Waals surface area contributed by atoms with Gasteiger partial charge in [-0.25, -0.2) is 0 Å². The van der Waals surface area contributed by atoms with Crippen molar-refractivity contribution in [3.8, 4) is 0 Å². The molecule has 1 aromatic rings. The van der Waals surface area contributed by atoms with Crippen molar-refractivity contribution < 1.29 is 9.90 Å². The Morgan fingerprint density at radius 3 is 2.56 bits per heavy atom. The number of carbonyl (C=O) groups is 1. The molecule has 0 amide bonds. The molecule has 0 spiro atoms. The van der Waals surface area contributed by atoms with Crippen LogP contribution < -0.4 is 5.32 Å². The number of rotatable bonds is 8. The molecule has 0 aromatic heterocycles. The molecule has 0 aliphatic rings. The Labute approximate surface area is 109 Å². The predicted octanol–water partition coefficient (Wildman–Crippen LogP) is 3.23. The van der Waals surface area contributed by atoms with Crippen molar-refractivity contribution in [2.24, 2.45) is 5.92 Å². The zero-order valence-electron chi connectivity index (χ0n) is 11.2. The van der Waals surface area contributed by atoms with Crippen molar-refractivity contribution in [1.82, 2.24) is 5.32 Å². The van der Waals surface area contributed by atoms with Gasteiger partial charge in [0.2, 0.25) is 0 Å². The Balaban J connectivity index is 2.44. The van der Waals surface area contributed by atoms with Crippen LogP contribution in [0.3, 0.4) is 0 Å². The molecule has 0 fully saturated rings. The maximum atomic E-state index is 10.8. The van der Waals surface area contributed by atoms with Gasteiger partial charge in [0.05, 0.1) is 0 Å². The third-order valence-corrected chi connectivity index (χ3v) is 3.17. The summed E-state index contributed by atoms with van der Waals surface area (Å²) in [5.41, 5.74) is 1.24. The van der Waals surface area contributed by atoms with E-state index < -0.39 is 5.97 Å². The standard InChI is InChI=1S/C15H23NO2/c1-3-7-13(10-15(17)18)11-16-12(2)14-8-5-4-6-9-14/h4-6,8-9,12-13,16H,3,7,10-11H2,1-2H3,(H,17,18)/t12-,13?/m0/s1. The summed E-state index contributed by atoms with van der Waals surface area (Å²) in [5.74, 6) is -0.485. The van der Waals surface area contributed by atoms with Crippen molar-refractivity contribution in [1.29, 1.82) is 0 Å². The van der Waals surface area contributed by atoms with Gasteiger partial charge in [0, 0.05) is 12.5 Å². The van der Waals surface area contributed by atoms with E-state index in [9.17, 15) is 4.79 Å². The third-order valence-electron chi connectivity index (χ3n) is 3.17. The minimum absolute atomic E-state index is 0.221. The first-order valence-electron chi connectivity index (χ1n) is 6.63. The summed E-state index contributed by atoms with van der Waals surface area (Å²) in [6, 6.07) is 10.5. The van der Waals surface area contributed by atoms with Crippen LogP contribution in [0.25, 0.3) is 0 Å². The number of benzene rings is 1. The molecule has 0 aliphatic carbocycles. The fraction of sp³-hybridized carbons (Fsp3) is 0.533. The number of carboxylic acids is 1. The van der Waals surface area contributed by atoms with E-state index in [1.54, 1.807) is 0 Å². The molecule has 1 aromatic carbocycles. The van der Waals surface area contributed by atoms with E-state index in [1.165, 1.54) is 5.56 Å². The van der Waals surface area contributed by atoms with Gasteiger partial charge in [-0.05, 0) is 31.4 Å². The van der Waals surface area contributed by atoms with Crippen LogP contribution in [0.5, 0.6) is 0 Å². The Morgan fingerprint density at radius 1 is 1.33 bits per heavy atom. The third kappa shape index (κ3) is 5.32. The normalized spacial score (nSPS) is 14.1. The number of carboxylic acid groups (broad SMARTS) is 1. The van der Waals surface area contributed by atoms with E-state index in [0.717, 1.165) is 19.4 Å². The van der Waals surface area contributed by atoms with Gasteiger partial charge in [-0.1, -0.05) is 43.7 Å². The lowest BCUT2D eigenvalue weighted by Gasteiger charge is -2.19. The van der Waals surface area contributed by atoms with Gasteiger partial charge < -0.3 is 10.4 Å². The molecule has 18 heavy (non-hydrogen) atoms. The molecular formula is C15H23NO2. The lowest BCUT2D eigenvalue weighted by atomic mass is 9.99. The highest BCUT2D eigenvalue weighted by Crippen LogP contribution is 2.15. The second-order valence-electron chi connectivity index (χ2n) is 4.79. The minimum Gasteiger partial charge on any atom is -0.481 e. The molecule has 3 heteroatoms. The molecule has 2 N–H and O–H groups in total. The summed E-state index contributed by atoms with van der Waals surface area (Å²) in [6.45, 7) is 4.96. The van der Waals surface area contributed by atoms with E-state index in [1.807, 2.05) is 18.2 Å². The monoisotopic (exact) mass is 249 g/mol. The zero-order chi connectivity index (χ0) is 13.4. The van der Waals surface area contributed by atoms with Crippen LogP contribution in [0.2, 0.25) is 0 Å². The lowest BCUT2D eigenvalue weighted by molar-refractivity contribution is -0.138. The van der Waals surface area contributed by atoms with Gasteiger partial charge in [-0.15, -0.1) is 0 Å². The molecule has 0 saturated heterocycles. The van der Waals surface area contributed by atoms with E-state index in [0.29, 0.717) is 0 Å². The topological polar surface area (TPSA) is 49.3 Å². The highest BCUT2D eigenvalue weighted by atomic mass is 16.4. The molecule has 0 aliphatic heterocycles. The van der Waals surface area contributed by atoms with Crippen LogP contribution in [0, 0.1) is 5.92 Å². The van der Waals surface area contributed by atoms with Crippen LogP contribution in [0.4, 0.5) is 0 Å². The van der Waals surface area contributed by atoms with Crippen molar-refractivity contribution in [2.75, 3.05) is 6.54 Å². The lowest BCUT2D eigenvalue weighted by Crippen LogP contribution is -2.27. The van der Waals surface area contributed by atoms with Crippen molar-refractivity contribution >= 4 is 5.97 Å². The van der Waals surface area contributed by atoms with Gasteiger partial charge in [0.1, 0.15) is 0 Å². The van der Waals surface area contributed by atoms with E-state index in [2.05, 4.69) is 31.3 Å². The largest absolute Gasteiger partial charge is 0.481 e. The van der Waals surface area contributed by atoms with Crippen molar-refractivity contribution in [2.45, 2.75) is 39.2 Å². The van der Waals surface area contributed by atoms with Crippen LogP contribution in [-0.4, -0.2) is 17.6 Å². The van der Waals surface area contributed by atoms with E-state index in [4.69, 9.17) is 5.11 Å². The van der Waals surface area contributed by atoms with Gasteiger partial charge >= 0.3 is 5.97 Å².